The first-order valence-corrected chi connectivity index (χ1v) is 10.6. The average molecular weight is 420 g/mol. The Balaban J connectivity index is 1.78. The van der Waals surface area contributed by atoms with Gasteiger partial charge in [0.05, 0.1) is 15.6 Å². The van der Waals surface area contributed by atoms with Gasteiger partial charge in [-0.2, -0.15) is 0 Å². The molecule has 4 rings (SSSR count). The smallest absolute Gasteiger partial charge is 0.337 e. The second-order valence-electron chi connectivity index (χ2n) is 7.75. The van der Waals surface area contributed by atoms with Crippen molar-refractivity contribution in [1.82, 2.24) is 5.32 Å². The van der Waals surface area contributed by atoms with Crippen molar-refractivity contribution < 1.29 is 14.3 Å². The molecular weight excluding hydrogens is 397 g/mol. The number of benzene rings is 1. The third-order valence-electron chi connectivity index (χ3n) is 5.85. The van der Waals surface area contributed by atoms with Gasteiger partial charge in [0.1, 0.15) is 6.10 Å². The lowest BCUT2D eigenvalue weighted by Gasteiger charge is -2.34. The predicted octanol–water partition coefficient (Wildman–Crippen LogP) is 5.45. The van der Waals surface area contributed by atoms with Crippen molar-refractivity contribution in [3.63, 3.8) is 0 Å². The summed E-state index contributed by atoms with van der Waals surface area (Å²) in [6, 6.07) is 5.30. The fourth-order valence-electron chi connectivity index (χ4n) is 4.50. The highest BCUT2D eigenvalue weighted by atomic mass is 35.5. The van der Waals surface area contributed by atoms with Gasteiger partial charge in [-0.15, -0.1) is 0 Å². The molecule has 1 N–H and O–H groups in total. The van der Waals surface area contributed by atoms with Crippen LogP contribution in [0.15, 0.2) is 40.7 Å². The van der Waals surface area contributed by atoms with E-state index in [4.69, 9.17) is 27.9 Å². The highest BCUT2D eigenvalue weighted by Gasteiger charge is 2.40. The lowest BCUT2D eigenvalue weighted by Crippen LogP contribution is -2.35. The van der Waals surface area contributed by atoms with Crippen LogP contribution < -0.4 is 5.32 Å². The number of nitrogens with one attached hydrogen (secondary N) is 1. The summed E-state index contributed by atoms with van der Waals surface area (Å²) in [7, 11) is 0. The molecule has 0 bridgehead atoms. The molecule has 28 heavy (non-hydrogen) atoms. The van der Waals surface area contributed by atoms with E-state index in [1.807, 2.05) is 13.0 Å². The molecule has 148 valence electrons. The Morgan fingerprint density at radius 1 is 1.11 bits per heavy atom. The van der Waals surface area contributed by atoms with Crippen LogP contribution in [0.5, 0.6) is 0 Å². The van der Waals surface area contributed by atoms with Gasteiger partial charge in [0.2, 0.25) is 0 Å². The lowest BCUT2D eigenvalue weighted by molar-refractivity contribution is -0.144. The molecule has 2 aliphatic carbocycles. The number of carbonyl (C=O) groups excluding carboxylic acids is 2. The molecule has 1 atom stereocenters. The van der Waals surface area contributed by atoms with Gasteiger partial charge in [0, 0.05) is 29.3 Å². The minimum absolute atomic E-state index is 0.0420. The minimum Gasteiger partial charge on any atom is -0.459 e. The zero-order valence-electron chi connectivity index (χ0n) is 15.8. The zero-order valence-corrected chi connectivity index (χ0v) is 17.3. The average Bonchev–Trinajstić information content (AvgIpc) is 3.16. The van der Waals surface area contributed by atoms with Crippen molar-refractivity contribution in [2.75, 3.05) is 0 Å². The number of halogens is 2. The number of ether oxygens (including phenoxy) is 1. The molecular formula is C22H23Cl2NO3. The Labute approximate surface area is 174 Å². The first-order chi connectivity index (χ1) is 13.5. The van der Waals surface area contributed by atoms with Crippen molar-refractivity contribution in [2.24, 2.45) is 0 Å². The van der Waals surface area contributed by atoms with E-state index in [1.165, 1.54) is 0 Å². The quantitative estimate of drug-likeness (QED) is 0.661. The minimum atomic E-state index is -0.479. The van der Waals surface area contributed by atoms with Crippen LogP contribution in [0, 0.1) is 0 Å². The normalized spacial score (nSPS) is 23.0. The summed E-state index contributed by atoms with van der Waals surface area (Å²) < 4.78 is 5.81. The Morgan fingerprint density at radius 2 is 1.86 bits per heavy atom. The van der Waals surface area contributed by atoms with E-state index in [0.717, 1.165) is 55.5 Å². The molecule has 0 radical (unpaired) electrons. The van der Waals surface area contributed by atoms with Crippen LogP contribution in [0.4, 0.5) is 0 Å². The van der Waals surface area contributed by atoms with E-state index in [1.54, 1.807) is 12.1 Å². The summed E-state index contributed by atoms with van der Waals surface area (Å²) in [5.74, 6) is -0.755. The van der Waals surface area contributed by atoms with E-state index in [0.29, 0.717) is 27.6 Å². The number of esters is 1. The molecule has 0 aromatic heterocycles. The number of Topliss-reactive ketones (excluding diaryl/α,β-unsaturated/α-hetero) is 1. The summed E-state index contributed by atoms with van der Waals surface area (Å²) in [6.07, 6.45) is 6.01. The Kier molecular flexibility index (Phi) is 5.52. The van der Waals surface area contributed by atoms with Gasteiger partial charge < -0.3 is 10.1 Å². The van der Waals surface area contributed by atoms with Gasteiger partial charge in [0.25, 0.3) is 0 Å². The molecule has 0 amide bonds. The van der Waals surface area contributed by atoms with E-state index in [2.05, 4.69) is 5.32 Å². The molecule has 3 aliphatic rings. The third kappa shape index (κ3) is 3.60. The van der Waals surface area contributed by atoms with Crippen molar-refractivity contribution in [1.29, 1.82) is 0 Å². The zero-order chi connectivity index (χ0) is 19.8. The van der Waals surface area contributed by atoms with Gasteiger partial charge >= 0.3 is 5.97 Å². The van der Waals surface area contributed by atoms with Gasteiger partial charge in [-0.3, -0.25) is 4.79 Å². The van der Waals surface area contributed by atoms with Crippen LogP contribution in [0.1, 0.15) is 63.4 Å². The van der Waals surface area contributed by atoms with E-state index in [9.17, 15) is 9.59 Å². The second-order valence-corrected chi connectivity index (χ2v) is 8.57. The van der Waals surface area contributed by atoms with Gasteiger partial charge in [-0.25, -0.2) is 4.79 Å². The molecule has 0 spiro atoms. The van der Waals surface area contributed by atoms with Crippen LogP contribution >= 0.6 is 23.2 Å². The molecule has 1 aliphatic heterocycles. The number of allylic oxidation sites excluding steroid dienone is 3. The van der Waals surface area contributed by atoms with E-state index < -0.39 is 5.92 Å². The fourth-order valence-corrected chi connectivity index (χ4v) is 4.81. The monoisotopic (exact) mass is 419 g/mol. The van der Waals surface area contributed by atoms with Gasteiger partial charge in [-0.1, -0.05) is 29.3 Å². The lowest BCUT2D eigenvalue weighted by atomic mass is 9.75. The summed E-state index contributed by atoms with van der Waals surface area (Å²) in [5, 5.41) is 4.16. The van der Waals surface area contributed by atoms with E-state index in [-0.39, 0.29) is 17.9 Å². The van der Waals surface area contributed by atoms with Crippen LogP contribution in [0.3, 0.4) is 0 Å². The molecule has 0 saturated heterocycles. The number of ketones is 1. The first kappa shape index (κ1) is 19.5. The molecule has 1 fully saturated rings. The van der Waals surface area contributed by atoms with E-state index >= 15 is 0 Å². The summed E-state index contributed by atoms with van der Waals surface area (Å²) in [5.41, 5.74) is 3.60. The molecule has 1 heterocycles. The summed E-state index contributed by atoms with van der Waals surface area (Å²) in [6.45, 7) is 1.87. The predicted molar refractivity (Wildman–Crippen MR) is 109 cm³/mol. The summed E-state index contributed by atoms with van der Waals surface area (Å²) in [4.78, 5) is 26.0. The van der Waals surface area contributed by atoms with Gasteiger partial charge in [-0.05, 0) is 63.1 Å². The number of carbonyl (C=O) groups is 2. The standard InChI is InChI=1S/C22H23Cl2NO3/c1-12-19(22(27)28-14-5-2-3-6-14)20(13-9-10-15(23)16(24)11-13)21-17(25-12)7-4-8-18(21)26/h9-11,14,20,25H,2-8H2,1H3/t20-/m0/s1. The largest absolute Gasteiger partial charge is 0.459 e. The Morgan fingerprint density at radius 3 is 2.57 bits per heavy atom. The number of hydrogen-bond donors (Lipinski definition) is 1. The maximum absolute atomic E-state index is 13.2. The first-order valence-electron chi connectivity index (χ1n) is 9.85. The Hall–Kier alpha value is -1.78. The highest BCUT2D eigenvalue weighted by molar-refractivity contribution is 6.42. The highest BCUT2D eigenvalue weighted by Crippen LogP contribution is 2.44. The maximum Gasteiger partial charge on any atom is 0.337 e. The molecule has 6 heteroatoms. The number of dihydropyridines is 1. The molecule has 1 aromatic rings. The van der Waals surface area contributed by atoms with Crippen LogP contribution in [-0.2, 0) is 14.3 Å². The SMILES string of the molecule is CC1=C(C(=O)OC2CCCC2)[C@H](c2ccc(Cl)c(Cl)c2)C2=C(CCCC2=O)N1. The molecule has 4 nitrogen and oxygen atoms in total. The summed E-state index contributed by atoms with van der Waals surface area (Å²) >= 11 is 12.4. The van der Waals surface area contributed by atoms with Crippen molar-refractivity contribution in [3.05, 3.63) is 56.3 Å². The van der Waals surface area contributed by atoms with Crippen LogP contribution in [-0.4, -0.2) is 17.9 Å². The van der Waals surface area contributed by atoms with Crippen molar-refractivity contribution in [3.8, 4) is 0 Å². The third-order valence-corrected chi connectivity index (χ3v) is 6.59. The van der Waals surface area contributed by atoms with Crippen molar-refractivity contribution in [2.45, 2.75) is 63.9 Å². The van der Waals surface area contributed by atoms with Crippen LogP contribution in [0.2, 0.25) is 10.0 Å². The number of hydrogen-bond acceptors (Lipinski definition) is 4. The fraction of sp³-hybridized carbons (Fsp3) is 0.455. The van der Waals surface area contributed by atoms with Gasteiger partial charge in [0.15, 0.2) is 5.78 Å². The second kappa shape index (κ2) is 7.92. The molecule has 1 aromatic carbocycles. The van der Waals surface area contributed by atoms with Crippen molar-refractivity contribution >= 4 is 35.0 Å². The molecule has 0 unspecified atom stereocenters. The topological polar surface area (TPSA) is 55.4 Å². The number of rotatable bonds is 3. The molecule has 1 saturated carbocycles. The maximum atomic E-state index is 13.2. The Bertz CT molecular complexity index is 897. The van der Waals surface area contributed by atoms with Crippen LogP contribution in [0.25, 0.3) is 0 Å².